The van der Waals surface area contributed by atoms with Crippen LogP contribution in [0.2, 0.25) is 0 Å². The molecule has 108 valence electrons. The van der Waals surface area contributed by atoms with Gasteiger partial charge in [0.15, 0.2) is 0 Å². The second kappa shape index (κ2) is 11.0. The molecule has 3 nitrogen and oxygen atoms in total. The van der Waals surface area contributed by atoms with E-state index >= 15 is 0 Å². The van der Waals surface area contributed by atoms with Gasteiger partial charge in [-0.3, -0.25) is 0 Å². The molecule has 0 bridgehead atoms. The van der Waals surface area contributed by atoms with Gasteiger partial charge in [-0.2, -0.15) is 0 Å². The van der Waals surface area contributed by atoms with Crippen molar-refractivity contribution in [3.63, 3.8) is 0 Å². The third-order valence-electron chi connectivity index (χ3n) is 3.15. The zero-order chi connectivity index (χ0) is 13.8. The molecular weight excluding hydrogens is 238 g/mol. The largest absolute Gasteiger partial charge is 0.382 e. The topological polar surface area (TPSA) is 30.5 Å². The summed E-state index contributed by atoms with van der Waals surface area (Å²) in [5.41, 5.74) is 1.38. The van der Waals surface area contributed by atoms with Crippen LogP contribution in [0.15, 0.2) is 30.3 Å². The summed E-state index contributed by atoms with van der Waals surface area (Å²) >= 11 is 0. The van der Waals surface area contributed by atoms with Crippen LogP contribution in [0.4, 0.5) is 0 Å². The number of unbranched alkanes of at least 4 members (excludes halogenated alkanes) is 1. The molecule has 0 saturated carbocycles. The van der Waals surface area contributed by atoms with Crippen LogP contribution in [0.25, 0.3) is 0 Å². The molecule has 0 aliphatic heterocycles. The van der Waals surface area contributed by atoms with Crippen molar-refractivity contribution in [1.29, 1.82) is 0 Å². The van der Waals surface area contributed by atoms with E-state index < -0.39 is 0 Å². The standard InChI is InChI=1S/C16H27NO2/c1-3-16(15-9-5-4-6-10-15)17-11-7-8-12-19-14-13-18-2/h4-6,9-10,16-17H,3,7-8,11-14H2,1-2H3. The van der Waals surface area contributed by atoms with E-state index in [0.29, 0.717) is 19.3 Å². The minimum atomic E-state index is 0.468. The second-order valence-corrected chi connectivity index (χ2v) is 4.64. The predicted octanol–water partition coefficient (Wildman–Crippen LogP) is 3.17. The Balaban J connectivity index is 2.07. The fourth-order valence-electron chi connectivity index (χ4n) is 2.03. The van der Waals surface area contributed by atoms with Gasteiger partial charge in [-0.05, 0) is 31.4 Å². The third kappa shape index (κ3) is 7.31. The van der Waals surface area contributed by atoms with E-state index in [2.05, 4.69) is 42.6 Å². The molecule has 1 rings (SSSR count). The summed E-state index contributed by atoms with van der Waals surface area (Å²) in [7, 11) is 1.70. The fraction of sp³-hybridized carbons (Fsp3) is 0.625. The maximum atomic E-state index is 5.44. The highest BCUT2D eigenvalue weighted by molar-refractivity contribution is 5.18. The number of rotatable bonds is 11. The molecule has 0 radical (unpaired) electrons. The SMILES string of the molecule is CCC(NCCCCOCCOC)c1ccccc1. The van der Waals surface area contributed by atoms with Crippen molar-refractivity contribution >= 4 is 0 Å². The van der Waals surface area contributed by atoms with Crippen molar-refractivity contribution in [3.05, 3.63) is 35.9 Å². The maximum absolute atomic E-state index is 5.44. The number of nitrogens with one attached hydrogen (secondary N) is 1. The number of hydrogen-bond acceptors (Lipinski definition) is 3. The monoisotopic (exact) mass is 265 g/mol. The van der Waals surface area contributed by atoms with E-state index in [9.17, 15) is 0 Å². The Labute approximate surface area is 117 Å². The van der Waals surface area contributed by atoms with Gasteiger partial charge in [0.25, 0.3) is 0 Å². The zero-order valence-corrected chi connectivity index (χ0v) is 12.2. The first kappa shape index (κ1) is 16.2. The van der Waals surface area contributed by atoms with Gasteiger partial charge in [-0.15, -0.1) is 0 Å². The Morgan fingerprint density at radius 3 is 2.53 bits per heavy atom. The van der Waals surface area contributed by atoms with E-state index in [0.717, 1.165) is 32.4 Å². The molecule has 0 heterocycles. The average Bonchev–Trinajstić information content (AvgIpc) is 2.47. The predicted molar refractivity (Wildman–Crippen MR) is 79.4 cm³/mol. The van der Waals surface area contributed by atoms with Crippen molar-refractivity contribution in [1.82, 2.24) is 5.32 Å². The van der Waals surface area contributed by atoms with Gasteiger partial charge in [0.1, 0.15) is 0 Å². The highest BCUT2D eigenvalue weighted by Gasteiger charge is 2.06. The van der Waals surface area contributed by atoms with Crippen molar-refractivity contribution in [3.8, 4) is 0 Å². The molecule has 3 heteroatoms. The fourth-order valence-corrected chi connectivity index (χ4v) is 2.03. The first-order valence-electron chi connectivity index (χ1n) is 7.23. The molecule has 0 aromatic heterocycles. The quantitative estimate of drug-likeness (QED) is 0.623. The molecule has 1 aromatic rings. The van der Waals surface area contributed by atoms with Crippen LogP contribution >= 0.6 is 0 Å². The summed E-state index contributed by atoms with van der Waals surface area (Å²) in [6, 6.07) is 11.1. The summed E-state index contributed by atoms with van der Waals surface area (Å²) in [5, 5.41) is 3.61. The Kier molecular flexibility index (Phi) is 9.33. The molecule has 0 spiro atoms. The molecule has 0 aliphatic carbocycles. The molecule has 0 aliphatic rings. The lowest BCUT2D eigenvalue weighted by Crippen LogP contribution is -2.22. The van der Waals surface area contributed by atoms with E-state index in [1.807, 2.05) is 0 Å². The van der Waals surface area contributed by atoms with E-state index in [1.165, 1.54) is 5.56 Å². The third-order valence-corrected chi connectivity index (χ3v) is 3.15. The van der Waals surface area contributed by atoms with Gasteiger partial charge in [-0.1, -0.05) is 37.3 Å². The van der Waals surface area contributed by atoms with Gasteiger partial charge in [0, 0.05) is 19.8 Å². The molecule has 1 aromatic carbocycles. The summed E-state index contributed by atoms with van der Waals surface area (Å²) in [6.07, 6.45) is 3.37. The van der Waals surface area contributed by atoms with Crippen LogP contribution in [0.5, 0.6) is 0 Å². The zero-order valence-electron chi connectivity index (χ0n) is 12.2. The van der Waals surface area contributed by atoms with Gasteiger partial charge < -0.3 is 14.8 Å². The van der Waals surface area contributed by atoms with Gasteiger partial charge in [-0.25, -0.2) is 0 Å². The van der Waals surface area contributed by atoms with E-state index in [-0.39, 0.29) is 0 Å². The molecule has 1 unspecified atom stereocenters. The number of hydrogen-bond donors (Lipinski definition) is 1. The Hall–Kier alpha value is -0.900. The van der Waals surface area contributed by atoms with Crippen molar-refractivity contribution in [2.24, 2.45) is 0 Å². The van der Waals surface area contributed by atoms with Crippen molar-refractivity contribution < 1.29 is 9.47 Å². The average molecular weight is 265 g/mol. The lowest BCUT2D eigenvalue weighted by Gasteiger charge is -2.17. The molecular formula is C16H27NO2. The lowest BCUT2D eigenvalue weighted by atomic mass is 10.0. The molecule has 0 saturated heterocycles. The summed E-state index contributed by atoms with van der Waals surface area (Å²) in [4.78, 5) is 0. The molecule has 1 atom stereocenters. The first-order valence-corrected chi connectivity index (χ1v) is 7.23. The van der Waals surface area contributed by atoms with Gasteiger partial charge >= 0.3 is 0 Å². The van der Waals surface area contributed by atoms with Crippen molar-refractivity contribution in [2.75, 3.05) is 33.5 Å². The van der Waals surface area contributed by atoms with Crippen LogP contribution in [-0.2, 0) is 9.47 Å². The van der Waals surface area contributed by atoms with Crippen molar-refractivity contribution in [2.45, 2.75) is 32.2 Å². The first-order chi connectivity index (χ1) is 9.38. The highest BCUT2D eigenvalue weighted by atomic mass is 16.5. The molecule has 1 N–H and O–H groups in total. The Morgan fingerprint density at radius 1 is 1.05 bits per heavy atom. The molecule has 19 heavy (non-hydrogen) atoms. The van der Waals surface area contributed by atoms with Gasteiger partial charge in [0.2, 0.25) is 0 Å². The molecule has 0 fully saturated rings. The van der Waals surface area contributed by atoms with Crippen LogP contribution in [0.3, 0.4) is 0 Å². The van der Waals surface area contributed by atoms with Crippen LogP contribution < -0.4 is 5.32 Å². The Bertz CT molecular complexity index is 303. The highest BCUT2D eigenvalue weighted by Crippen LogP contribution is 2.15. The maximum Gasteiger partial charge on any atom is 0.0700 e. The Morgan fingerprint density at radius 2 is 1.84 bits per heavy atom. The normalized spacial score (nSPS) is 12.5. The van der Waals surface area contributed by atoms with Crippen LogP contribution in [-0.4, -0.2) is 33.5 Å². The molecule has 0 amide bonds. The smallest absolute Gasteiger partial charge is 0.0700 e. The van der Waals surface area contributed by atoms with Crippen LogP contribution in [0.1, 0.15) is 37.8 Å². The van der Waals surface area contributed by atoms with Crippen LogP contribution in [0, 0.1) is 0 Å². The summed E-state index contributed by atoms with van der Waals surface area (Å²) in [5.74, 6) is 0. The lowest BCUT2D eigenvalue weighted by molar-refractivity contribution is 0.0687. The van der Waals surface area contributed by atoms with Gasteiger partial charge in [0.05, 0.1) is 13.2 Å². The number of methoxy groups -OCH3 is 1. The summed E-state index contributed by atoms with van der Waals surface area (Å²) in [6.45, 7) is 5.47. The van der Waals surface area contributed by atoms with E-state index in [1.54, 1.807) is 7.11 Å². The minimum Gasteiger partial charge on any atom is -0.382 e. The summed E-state index contributed by atoms with van der Waals surface area (Å²) < 4.78 is 10.4. The van der Waals surface area contributed by atoms with E-state index in [4.69, 9.17) is 9.47 Å². The second-order valence-electron chi connectivity index (χ2n) is 4.64. The minimum absolute atomic E-state index is 0.468. The number of ether oxygens (including phenoxy) is 2. The number of benzene rings is 1.